The molecule has 202 valence electrons. The smallest absolute Gasteiger partial charge is 0.426 e. The third kappa shape index (κ3) is 7.01. The van der Waals surface area contributed by atoms with Gasteiger partial charge in [0.15, 0.2) is 0 Å². The molecule has 3 aromatic carbocycles. The first-order valence-corrected chi connectivity index (χ1v) is 12.6. The molecule has 3 N–H and O–H groups in total. The van der Waals surface area contributed by atoms with Crippen molar-refractivity contribution in [1.82, 2.24) is 16.2 Å². The number of nitrogens with one attached hydrogen (secondary N) is 3. The molecule has 0 fully saturated rings. The number of hydrogen-bond acceptors (Lipinski definition) is 6. The molecule has 0 spiro atoms. The largest absolute Gasteiger partial charge is 0.453 e. The normalized spacial score (nSPS) is 12.9. The van der Waals surface area contributed by atoms with E-state index in [1.807, 2.05) is 54.6 Å². The standard InChI is InChI=1S/C30H31N3O6/c1-30(2,3)39-28(36)27(35)31-25(17-19-11-5-4-6-12-19)26(34)32-33-29(37)38-18-24-22-15-9-7-13-20(22)21-14-8-10-16-23(21)24/h4-16,24-25H,17-18H2,1-3H3,(H,31,35)(H,32,34)(H,33,37)/t25-/m1/s1. The van der Waals surface area contributed by atoms with Crippen LogP contribution in [-0.2, 0) is 30.3 Å². The highest BCUT2D eigenvalue weighted by Gasteiger charge is 2.30. The topological polar surface area (TPSA) is 123 Å². The average Bonchev–Trinajstić information content (AvgIpc) is 3.23. The van der Waals surface area contributed by atoms with Gasteiger partial charge in [0.05, 0.1) is 0 Å². The van der Waals surface area contributed by atoms with Gasteiger partial charge in [0.2, 0.25) is 0 Å². The summed E-state index contributed by atoms with van der Waals surface area (Å²) >= 11 is 0. The van der Waals surface area contributed by atoms with Crippen LogP contribution in [0.2, 0.25) is 0 Å². The zero-order valence-electron chi connectivity index (χ0n) is 22.0. The Morgan fingerprint density at radius 1 is 0.795 bits per heavy atom. The SMILES string of the molecule is CC(C)(C)OC(=O)C(=O)N[C@H](Cc1ccccc1)C(=O)NNC(=O)OCC1c2ccccc2-c2ccccc21. The molecule has 1 aliphatic rings. The number of fused-ring (bicyclic) bond motifs is 3. The van der Waals surface area contributed by atoms with Crippen molar-refractivity contribution in [2.75, 3.05) is 6.61 Å². The van der Waals surface area contributed by atoms with E-state index in [1.165, 1.54) is 0 Å². The molecule has 9 nitrogen and oxygen atoms in total. The number of hydrogen-bond donors (Lipinski definition) is 3. The quantitative estimate of drug-likeness (QED) is 0.255. The molecule has 3 amide bonds. The van der Waals surface area contributed by atoms with Gasteiger partial charge in [-0.25, -0.2) is 15.0 Å². The van der Waals surface area contributed by atoms with Crippen LogP contribution in [-0.4, -0.2) is 42.1 Å². The molecule has 4 rings (SSSR count). The minimum Gasteiger partial charge on any atom is -0.453 e. The molecule has 0 bridgehead atoms. The summed E-state index contributed by atoms with van der Waals surface area (Å²) in [5, 5.41) is 2.39. The first-order chi connectivity index (χ1) is 18.6. The van der Waals surface area contributed by atoms with E-state index in [2.05, 4.69) is 16.2 Å². The molecule has 0 aliphatic heterocycles. The fourth-order valence-corrected chi connectivity index (χ4v) is 4.43. The van der Waals surface area contributed by atoms with E-state index in [9.17, 15) is 19.2 Å². The van der Waals surface area contributed by atoms with Crippen LogP contribution in [0, 0.1) is 0 Å². The van der Waals surface area contributed by atoms with E-state index in [4.69, 9.17) is 9.47 Å². The molecule has 0 aromatic heterocycles. The predicted molar refractivity (Wildman–Crippen MR) is 144 cm³/mol. The molecule has 39 heavy (non-hydrogen) atoms. The summed E-state index contributed by atoms with van der Waals surface area (Å²) in [4.78, 5) is 50.0. The molecule has 0 heterocycles. The van der Waals surface area contributed by atoms with Crippen molar-refractivity contribution < 1.29 is 28.7 Å². The van der Waals surface area contributed by atoms with Gasteiger partial charge < -0.3 is 14.8 Å². The summed E-state index contributed by atoms with van der Waals surface area (Å²) in [6.45, 7) is 4.96. The van der Waals surface area contributed by atoms with Crippen LogP contribution in [0.5, 0.6) is 0 Å². The molecular weight excluding hydrogens is 498 g/mol. The molecule has 1 atom stereocenters. The Kier molecular flexibility index (Phi) is 8.29. The van der Waals surface area contributed by atoms with Crippen LogP contribution in [0.3, 0.4) is 0 Å². The lowest BCUT2D eigenvalue weighted by atomic mass is 9.98. The minimum atomic E-state index is -1.17. The fraction of sp³-hybridized carbons (Fsp3) is 0.267. The zero-order valence-corrected chi connectivity index (χ0v) is 22.0. The maximum absolute atomic E-state index is 12.9. The lowest BCUT2D eigenvalue weighted by Crippen LogP contribution is -2.54. The Hall–Kier alpha value is -4.66. The first-order valence-electron chi connectivity index (χ1n) is 12.6. The molecule has 9 heteroatoms. The monoisotopic (exact) mass is 529 g/mol. The summed E-state index contributed by atoms with van der Waals surface area (Å²) < 4.78 is 10.5. The third-order valence-electron chi connectivity index (χ3n) is 6.12. The number of esters is 1. The van der Waals surface area contributed by atoms with Gasteiger partial charge in [-0.05, 0) is 48.6 Å². The van der Waals surface area contributed by atoms with Gasteiger partial charge in [-0.2, -0.15) is 0 Å². The van der Waals surface area contributed by atoms with Gasteiger partial charge in [0, 0.05) is 12.3 Å². The van der Waals surface area contributed by atoms with Crippen molar-refractivity contribution in [1.29, 1.82) is 0 Å². The Balaban J connectivity index is 1.36. The summed E-state index contributed by atoms with van der Waals surface area (Å²) in [7, 11) is 0. The fourth-order valence-electron chi connectivity index (χ4n) is 4.43. The van der Waals surface area contributed by atoms with E-state index < -0.39 is 35.5 Å². The number of amides is 3. The zero-order chi connectivity index (χ0) is 28.0. The van der Waals surface area contributed by atoms with Crippen LogP contribution in [0.15, 0.2) is 78.9 Å². The lowest BCUT2D eigenvalue weighted by Gasteiger charge is -2.21. The molecule has 0 unspecified atom stereocenters. The van der Waals surface area contributed by atoms with Crippen molar-refractivity contribution >= 4 is 23.9 Å². The highest BCUT2D eigenvalue weighted by molar-refractivity contribution is 6.33. The summed E-state index contributed by atoms with van der Waals surface area (Å²) in [6, 6.07) is 23.7. The number of carbonyl (C=O) groups is 4. The van der Waals surface area contributed by atoms with Crippen molar-refractivity contribution in [3.05, 3.63) is 95.6 Å². The second-order valence-electron chi connectivity index (χ2n) is 10.2. The second kappa shape index (κ2) is 11.8. The number of carbonyl (C=O) groups excluding carboxylic acids is 4. The minimum absolute atomic E-state index is 0.0680. The number of benzene rings is 3. The van der Waals surface area contributed by atoms with Crippen LogP contribution in [0.1, 0.15) is 43.4 Å². The summed E-state index contributed by atoms with van der Waals surface area (Å²) in [5.74, 6) is -3.05. The van der Waals surface area contributed by atoms with E-state index in [-0.39, 0.29) is 18.9 Å². The van der Waals surface area contributed by atoms with Crippen LogP contribution < -0.4 is 16.2 Å². The molecule has 0 saturated heterocycles. The average molecular weight is 530 g/mol. The van der Waals surface area contributed by atoms with Gasteiger partial charge in [0.1, 0.15) is 18.2 Å². The van der Waals surface area contributed by atoms with Crippen molar-refractivity contribution in [3.8, 4) is 11.1 Å². The lowest BCUT2D eigenvalue weighted by molar-refractivity contribution is -0.163. The van der Waals surface area contributed by atoms with Crippen LogP contribution >= 0.6 is 0 Å². The molecule has 1 aliphatic carbocycles. The second-order valence-corrected chi connectivity index (χ2v) is 10.2. The number of hydrazine groups is 1. The Morgan fingerprint density at radius 3 is 1.95 bits per heavy atom. The highest BCUT2D eigenvalue weighted by Crippen LogP contribution is 2.44. The maximum Gasteiger partial charge on any atom is 0.426 e. The first kappa shape index (κ1) is 27.4. The third-order valence-corrected chi connectivity index (χ3v) is 6.12. The van der Waals surface area contributed by atoms with E-state index in [1.54, 1.807) is 45.0 Å². The van der Waals surface area contributed by atoms with E-state index in [0.29, 0.717) is 0 Å². The van der Waals surface area contributed by atoms with Gasteiger partial charge in [-0.15, -0.1) is 0 Å². The molecule has 0 saturated carbocycles. The summed E-state index contributed by atoms with van der Waals surface area (Å²) in [6.07, 6.45) is -0.782. The molecule has 0 radical (unpaired) electrons. The molecular formula is C30H31N3O6. The van der Waals surface area contributed by atoms with Crippen molar-refractivity contribution in [2.24, 2.45) is 0 Å². The number of rotatable bonds is 6. The van der Waals surface area contributed by atoms with Gasteiger partial charge in [-0.3, -0.25) is 15.0 Å². The van der Waals surface area contributed by atoms with Gasteiger partial charge >= 0.3 is 18.0 Å². The maximum atomic E-state index is 12.9. The highest BCUT2D eigenvalue weighted by atomic mass is 16.6. The summed E-state index contributed by atoms with van der Waals surface area (Å²) in [5.41, 5.74) is 8.68. The molecule has 3 aromatic rings. The van der Waals surface area contributed by atoms with Crippen molar-refractivity contribution in [2.45, 2.75) is 44.8 Å². The predicted octanol–water partition coefficient (Wildman–Crippen LogP) is 3.63. The number of ether oxygens (including phenoxy) is 2. The van der Waals surface area contributed by atoms with E-state index >= 15 is 0 Å². The van der Waals surface area contributed by atoms with Crippen LogP contribution in [0.25, 0.3) is 11.1 Å². The Labute approximate surface area is 226 Å². The van der Waals surface area contributed by atoms with Gasteiger partial charge in [0.25, 0.3) is 5.91 Å². The Morgan fingerprint density at radius 2 is 1.36 bits per heavy atom. The van der Waals surface area contributed by atoms with E-state index in [0.717, 1.165) is 27.8 Å². The Bertz CT molecular complexity index is 1320. The van der Waals surface area contributed by atoms with Crippen molar-refractivity contribution in [3.63, 3.8) is 0 Å². The van der Waals surface area contributed by atoms with Crippen LogP contribution in [0.4, 0.5) is 4.79 Å². The van der Waals surface area contributed by atoms with Gasteiger partial charge in [-0.1, -0.05) is 78.9 Å².